The van der Waals surface area contributed by atoms with E-state index in [2.05, 4.69) is 16.2 Å². The highest BCUT2D eigenvalue weighted by atomic mass is 32.1. The predicted molar refractivity (Wildman–Crippen MR) is 128 cm³/mol. The summed E-state index contributed by atoms with van der Waals surface area (Å²) >= 11 is 5.08. The molecule has 3 rings (SSSR count). The number of ether oxygens (including phenoxy) is 3. The van der Waals surface area contributed by atoms with Crippen molar-refractivity contribution in [2.24, 2.45) is 0 Å². The minimum Gasteiger partial charge on any atom is -0.497 e. The zero-order chi connectivity index (χ0) is 23.5. The number of benzene rings is 3. The summed E-state index contributed by atoms with van der Waals surface area (Å²) in [7, 11) is 1.54. The lowest BCUT2D eigenvalue weighted by molar-refractivity contribution is 0.0934. The van der Waals surface area contributed by atoms with Crippen molar-refractivity contribution in [1.29, 1.82) is 0 Å². The summed E-state index contributed by atoms with van der Waals surface area (Å²) in [5.74, 6) is 1.05. The van der Waals surface area contributed by atoms with Gasteiger partial charge >= 0.3 is 0 Å². The van der Waals surface area contributed by atoms with E-state index in [-0.39, 0.29) is 5.11 Å². The highest BCUT2D eigenvalue weighted by molar-refractivity contribution is 7.80. The summed E-state index contributed by atoms with van der Waals surface area (Å²) in [6.45, 7) is 0.680. The van der Waals surface area contributed by atoms with Crippen molar-refractivity contribution >= 4 is 29.1 Å². The van der Waals surface area contributed by atoms with E-state index >= 15 is 0 Å². The van der Waals surface area contributed by atoms with Crippen LogP contribution >= 0.6 is 12.2 Å². The largest absolute Gasteiger partial charge is 0.497 e. The lowest BCUT2D eigenvalue weighted by Gasteiger charge is -2.12. The van der Waals surface area contributed by atoms with Gasteiger partial charge in [0, 0.05) is 11.1 Å². The minimum atomic E-state index is -0.447. The Morgan fingerprint density at radius 2 is 1.39 bits per heavy atom. The fraction of sp³-hybridized carbons (Fsp3) is 0.125. The topological polar surface area (TPSA) is 97.9 Å². The van der Waals surface area contributed by atoms with Gasteiger partial charge in [0.1, 0.15) is 30.5 Å². The standard InChI is InChI=1S/C24H23N3O5S/c1-30-19-12-10-17(11-13-19)23(29)26-27-24(33)25-22(28)18-6-5-9-21(16-18)32-15-14-31-20-7-3-2-4-8-20/h2-13,16H,14-15H2,1H3,(H,26,29)(H2,25,27,28,33). The molecular formula is C24H23N3O5S. The molecule has 0 aliphatic heterocycles. The van der Waals surface area contributed by atoms with Crippen LogP contribution in [0.15, 0.2) is 78.9 Å². The number of hydrogen-bond acceptors (Lipinski definition) is 6. The average Bonchev–Trinajstić information content (AvgIpc) is 2.86. The molecule has 0 spiro atoms. The van der Waals surface area contributed by atoms with Crippen molar-refractivity contribution in [3.8, 4) is 17.2 Å². The second kappa shape index (κ2) is 12.1. The highest BCUT2D eigenvalue weighted by Crippen LogP contribution is 2.14. The number of thiocarbonyl (C=S) groups is 1. The number of hydrazine groups is 1. The Morgan fingerprint density at radius 1 is 0.727 bits per heavy atom. The van der Waals surface area contributed by atoms with Crippen molar-refractivity contribution in [3.05, 3.63) is 90.0 Å². The van der Waals surface area contributed by atoms with E-state index in [4.69, 9.17) is 26.4 Å². The van der Waals surface area contributed by atoms with Gasteiger partial charge in [-0.15, -0.1) is 0 Å². The molecule has 0 aliphatic rings. The Hall–Kier alpha value is -4.11. The molecule has 9 heteroatoms. The zero-order valence-electron chi connectivity index (χ0n) is 17.9. The van der Waals surface area contributed by atoms with Crippen LogP contribution < -0.4 is 30.4 Å². The van der Waals surface area contributed by atoms with E-state index in [0.717, 1.165) is 5.75 Å². The molecule has 2 amide bonds. The molecule has 0 radical (unpaired) electrons. The molecule has 0 fully saturated rings. The van der Waals surface area contributed by atoms with Gasteiger partial charge < -0.3 is 14.2 Å². The number of para-hydroxylation sites is 1. The Bertz CT molecular complexity index is 1090. The first-order chi connectivity index (χ1) is 16.0. The van der Waals surface area contributed by atoms with Gasteiger partial charge in [-0.3, -0.25) is 25.8 Å². The first kappa shape index (κ1) is 23.6. The number of rotatable bonds is 8. The Labute approximate surface area is 196 Å². The van der Waals surface area contributed by atoms with Gasteiger partial charge in [-0.2, -0.15) is 0 Å². The van der Waals surface area contributed by atoms with Gasteiger partial charge in [-0.25, -0.2) is 0 Å². The number of methoxy groups -OCH3 is 1. The van der Waals surface area contributed by atoms with Crippen LogP contribution in [-0.4, -0.2) is 37.3 Å². The first-order valence-electron chi connectivity index (χ1n) is 10.0. The lowest BCUT2D eigenvalue weighted by atomic mass is 10.2. The van der Waals surface area contributed by atoms with Crippen LogP contribution in [0.25, 0.3) is 0 Å². The van der Waals surface area contributed by atoms with E-state index in [0.29, 0.717) is 35.8 Å². The smallest absolute Gasteiger partial charge is 0.269 e. The van der Waals surface area contributed by atoms with Crippen molar-refractivity contribution in [3.63, 3.8) is 0 Å². The summed E-state index contributed by atoms with van der Waals surface area (Å²) in [5.41, 5.74) is 5.68. The van der Waals surface area contributed by atoms with Crippen LogP contribution in [0.2, 0.25) is 0 Å². The quantitative estimate of drug-likeness (QED) is 0.267. The fourth-order valence-corrected chi connectivity index (χ4v) is 2.84. The fourth-order valence-electron chi connectivity index (χ4n) is 2.70. The molecule has 8 nitrogen and oxygen atoms in total. The third-order valence-electron chi connectivity index (χ3n) is 4.33. The molecule has 170 valence electrons. The molecule has 3 aromatic rings. The number of hydrogen-bond donors (Lipinski definition) is 3. The molecule has 0 aliphatic carbocycles. The van der Waals surface area contributed by atoms with Crippen molar-refractivity contribution in [2.75, 3.05) is 20.3 Å². The van der Waals surface area contributed by atoms with Crippen molar-refractivity contribution in [2.45, 2.75) is 0 Å². The van der Waals surface area contributed by atoms with Gasteiger partial charge in [0.2, 0.25) is 0 Å². The molecule has 0 saturated heterocycles. The molecule has 3 aromatic carbocycles. The van der Waals surface area contributed by atoms with Crippen molar-refractivity contribution in [1.82, 2.24) is 16.2 Å². The highest BCUT2D eigenvalue weighted by Gasteiger charge is 2.11. The third kappa shape index (κ3) is 7.51. The van der Waals surface area contributed by atoms with Gasteiger partial charge in [-0.1, -0.05) is 24.3 Å². The van der Waals surface area contributed by atoms with Crippen LogP contribution in [0, 0.1) is 0 Å². The summed E-state index contributed by atoms with van der Waals surface area (Å²) in [5, 5.41) is 2.45. The first-order valence-corrected chi connectivity index (χ1v) is 10.4. The molecule has 3 N–H and O–H groups in total. The molecule has 0 heterocycles. The maximum Gasteiger partial charge on any atom is 0.269 e. The lowest BCUT2D eigenvalue weighted by Crippen LogP contribution is -2.48. The van der Waals surface area contributed by atoms with Crippen LogP contribution in [0.1, 0.15) is 20.7 Å². The minimum absolute atomic E-state index is 0.0514. The van der Waals surface area contributed by atoms with Gasteiger partial charge in [0.25, 0.3) is 11.8 Å². The second-order valence-corrected chi connectivity index (χ2v) is 7.04. The van der Waals surface area contributed by atoms with Crippen molar-refractivity contribution < 1.29 is 23.8 Å². The maximum absolute atomic E-state index is 12.5. The predicted octanol–water partition coefficient (Wildman–Crippen LogP) is 3.10. The van der Waals surface area contributed by atoms with Gasteiger partial charge in [0.15, 0.2) is 5.11 Å². The zero-order valence-corrected chi connectivity index (χ0v) is 18.7. The summed E-state index contributed by atoms with van der Waals surface area (Å²) in [6.07, 6.45) is 0. The van der Waals surface area contributed by atoms with E-state index in [1.807, 2.05) is 30.3 Å². The van der Waals surface area contributed by atoms with Crippen LogP contribution in [0.3, 0.4) is 0 Å². The summed E-state index contributed by atoms with van der Waals surface area (Å²) in [4.78, 5) is 24.6. The number of amides is 2. The molecule has 0 atom stereocenters. The van der Waals surface area contributed by atoms with E-state index < -0.39 is 11.8 Å². The van der Waals surface area contributed by atoms with E-state index in [1.165, 1.54) is 0 Å². The third-order valence-corrected chi connectivity index (χ3v) is 4.53. The number of carbonyl (C=O) groups is 2. The molecular weight excluding hydrogens is 442 g/mol. The summed E-state index contributed by atoms with van der Waals surface area (Å²) < 4.78 is 16.3. The summed E-state index contributed by atoms with van der Waals surface area (Å²) in [6, 6.07) is 22.6. The van der Waals surface area contributed by atoms with Crippen LogP contribution in [-0.2, 0) is 0 Å². The number of carbonyl (C=O) groups excluding carboxylic acids is 2. The van der Waals surface area contributed by atoms with E-state index in [1.54, 1.807) is 55.6 Å². The Kier molecular flexibility index (Phi) is 8.61. The normalized spacial score (nSPS) is 9.97. The maximum atomic E-state index is 12.5. The molecule has 0 bridgehead atoms. The van der Waals surface area contributed by atoms with Gasteiger partial charge in [0.05, 0.1) is 7.11 Å². The van der Waals surface area contributed by atoms with Gasteiger partial charge in [-0.05, 0) is 66.8 Å². The molecule has 0 unspecified atom stereocenters. The monoisotopic (exact) mass is 465 g/mol. The Balaban J connectivity index is 1.43. The SMILES string of the molecule is COc1ccc(C(=O)NNC(=S)NC(=O)c2cccc(OCCOc3ccccc3)c2)cc1. The molecule has 0 aromatic heterocycles. The Morgan fingerprint density at radius 3 is 2.09 bits per heavy atom. The van der Waals surface area contributed by atoms with Crippen LogP contribution in [0.5, 0.6) is 17.2 Å². The second-order valence-electron chi connectivity index (χ2n) is 6.63. The van der Waals surface area contributed by atoms with Crippen LogP contribution in [0.4, 0.5) is 0 Å². The van der Waals surface area contributed by atoms with E-state index in [9.17, 15) is 9.59 Å². The number of nitrogens with one attached hydrogen (secondary N) is 3. The molecule has 33 heavy (non-hydrogen) atoms. The molecule has 0 saturated carbocycles. The average molecular weight is 466 g/mol.